The number of halogens is 2. The lowest BCUT2D eigenvalue weighted by atomic mass is 10.00. The lowest BCUT2D eigenvalue weighted by Gasteiger charge is -2.31. The molecule has 1 saturated heterocycles. The van der Waals surface area contributed by atoms with Crippen LogP contribution < -0.4 is 5.32 Å². The molecule has 2 atom stereocenters. The summed E-state index contributed by atoms with van der Waals surface area (Å²) < 4.78 is 8.00. The summed E-state index contributed by atoms with van der Waals surface area (Å²) in [5.41, 5.74) is 1.16. The minimum absolute atomic E-state index is 0.423. The van der Waals surface area contributed by atoms with E-state index >= 15 is 0 Å². The molecule has 0 spiro atoms. The molecule has 1 N–H and O–H groups in total. The number of benzene rings is 1. The summed E-state index contributed by atoms with van der Waals surface area (Å²) in [5, 5.41) is 3.62. The molecule has 0 radical (unpaired) electrons. The summed E-state index contributed by atoms with van der Waals surface area (Å²) in [6.45, 7) is 3.08. The predicted molar refractivity (Wildman–Crippen MR) is 83.1 cm³/mol. The van der Waals surface area contributed by atoms with Gasteiger partial charge in [0.1, 0.15) is 0 Å². The molecule has 100 valence electrons. The van der Waals surface area contributed by atoms with E-state index in [-0.39, 0.29) is 0 Å². The number of rotatable bonds is 4. The van der Waals surface area contributed by atoms with E-state index in [1.165, 1.54) is 6.42 Å². The van der Waals surface area contributed by atoms with Crippen molar-refractivity contribution in [2.45, 2.75) is 44.8 Å². The fraction of sp³-hybridized carbons (Fsp3) is 0.571. The summed E-state index contributed by atoms with van der Waals surface area (Å²) in [7, 11) is 0. The first-order valence-electron chi connectivity index (χ1n) is 6.52. The topological polar surface area (TPSA) is 21.3 Å². The van der Waals surface area contributed by atoms with Crippen molar-refractivity contribution in [3.63, 3.8) is 0 Å². The highest BCUT2D eigenvalue weighted by atomic mass is 79.9. The van der Waals surface area contributed by atoms with Crippen LogP contribution in [0.15, 0.2) is 27.1 Å². The molecule has 1 aliphatic rings. The highest BCUT2D eigenvalue weighted by Gasteiger charge is 2.22. The number of anilines is 1. The zero-order valence-corrected chi connectivity index (χ0v) is 13.8. The Balaban J connectivity index is 1.98. The van der Waals surface area contributed by atoms with E-state index < -0.39 is 0 Å². The Morgan fingerprint density at radius 1 is 1.39 bits per heavy atom. The van der Waals surface area contributed by atoms with Crippen LogP contribution in [-0.2, 0) is 4.74 Å². The Morgan fingerprint density at radius 2 is 2.22 bits per heavy atom. The van der Waals surface area contributed by atoms with E-state index in [2.05, 4.69) is 56.2 Å². The van der Waals surface area contributed by atoms with Gasteiger partial charge in [0.2, 0.25) is 0 Å². The molecule has 0 aromatic heterocycles. The quantitative estimate of drug-likeness (QED) is 0.800. The maximum atomic E-state index is 5.78. The molecular weight excluding hydrogens is 358 g/mol. The molecule has 2 unspecified atom stereocenters. The number of ether oxygens (including phenoxy) is 1. The van der Waals surface area contributed by atoms with Crippen LogP contribution in [0.2, 0.25) is 0 Å². The van der Waals surface area contributed by atoms with Gasteiger partial charge in [-0.2, -0.15) is 0 Å². The highest BCUT2D eigenvalue weighted by Crippen LogP contribution is 2.29. The number of hydrogen-bond acceptors (Lipinski definition) is 2. The average molecular weight is 377 g/mol. The van der Waals surface area contributed by atoms with Crippen molar-refractivity contribution in [2.75, 3.05) is 11.9 Å². The van der Waals surface area contributed by atoms with Crippen molar-refractivity contribution >= 4 is 37.5 Å². The standard InChI is InChI=1S/C14H19Br2NO/c1-2-3-12-9-11(6-7-18-12)17-14-8-10(15)4-5-13(14)16/h4-5,8,11-12,17H,2-3,6-7,9H2,1H3. The second-order valence-electron chi connectivity index (χ2n) is 4.77. The largest absolute Gasteiger partial charge is 0.381 e. The first-order chi connectivity index (χ1) is 8.69. The van der Waals surface area contributed by atoms with Gasteiger partial charge in [0.25, 0.3) is 0 Å². The van der Waals surface area contributed by atoms with Crippen LogP contribution in [0.1, 0.15) is 32.6 Å². The Bertz CT molecular complexity index is 395. The van der Waals surface area contributed by atoms with Gasteiger partial charge < -0.3 is 10.1 Å². The minimum atomic E-state index is 0.423. The van der Waals surface area contributed by atoms with E-state index in [0.29, 0.717) is 12.1 Å². The van der Waals surface area contributed by atoms with Gasteiger partial charge in [-0.3, -0.25) is 0 Å². The molecule has 1 heterocycles. The van der Waals surface area contributed by atoms with Gasteiger partial charge in [0, 0.05) is 27.3 Å². The van der Waals surface area contributed by atoms with Gasteiger partial charge in [-0.15, -0.1) is 0 Å². The fourth-order valence-electron chi connectivity index (χ4n) is 2.36. The maximum Gasteiger partial charge on any atom is 0.0594 e. The smallest absolute Gasteiger partial charge is 0.0594 e. The summed E-state index contributed by atoms with van der Waals surface area (Å²) >= 11 is 7.10. The summed E-state index contributed by atoms with van der Waals surface area (Å²) in [6, 6.07) is 6.74. The minimum Gasteiger partial charge on any atom is -0.381 e. The van der Waals surface area contributed by atoms with Crippen LogP contribution in [0.25, 0.3) is 0 Å². The van der Waals surface area contributed by atoms with Crippen molar-refractivity contribution < 1.29 is 4.74 Å². The van der Waals surface area contributed by atoms with Gasteiger partial charge in [0.15, 0.2) is 0 Å². The van der Waals surface area contributed by atoms with Gasteiger partial charge in [-0.1, -0.05) is 29.3 Å². The van der Waals surface area contributed by atoms with Crippen molar-refractivity contribution in [3.8, 4) is 0 Å². The molecule has 2 rings (SSSR count). The first-order valence-corrected chi connectivity index (χ1v) is 8.11. The third kappa shape index (κ3) is 3.97. The first kappa shape index (κ1) is 14.4. The Hall–Kier alpha value is -0.0600. The Kier molecular flexibility index (Phi) is 5.52. The molecule has 18 heavy (non-hydrogen) atoms. The molecule has 0 saturated carbocycles. The van der Waals surface area contributed by atoms with Crippen molar-refractivity contribution in [3.05, 3.63) is 27.1 Å². The van der Waals surface area contributed by atoms with Crippen molar-refractivity contribution in [2.24, 2.45) is 0 Å². The van der Waals surface area contributed by atoms with Crippen LogP contribution in [0.5, 0.6) is 0 Å². The third-order valence-corrected chi connectivity index (χ3v) is 4.45. The lowest BCUT2D eigenvalue weighted by molar-refractivity contribution is 0.00597. The molecule has 1 aliphatic heterocycles. The number of nitrogens with one attached hydrogen (secondary N) is 1. The molecule has 1 fully saturated rings. The van der Waals surface area contributed by atoms with Crippen molar-refractivity contribution in [1.82, 2.24) is 0 Å². The van der Waals surface area contributed by atoms with E-state index in [0.717, 1.165) is 40.5 Å². The molecule has 4 heteroatoms. The molecule has 1 aromatic rings. The van der Waals surface area contributed by atoms with Gasteiger partial charge in [-0.25, -0.2) is 0 Å². The number of hydrogen-bond donors (Lipinski definition) is 1. The zero-order chi connectivity index (χ0) is 13.0. The zero-order valence-electron chi connectivity index (χ0n) is 10.6. The van der Waals surface area contributed by atoms with Crippen LogP contribution in [0, 0.1) is 0 Å². The molecular formula is C14H19Br2NO. The van der Waals surface area contributed by atoms with E-state index in [1.54, 1.807) is 0 Å². The van der Waals surface area contributed by atoms with Crippen LogP contribution in [0.4, 0.5) is 5.69 Å². The van der Waals surface area contributed by atoms with E-state index in [1.807, 2.05) is 6.07 Å². The fourth-order valence-corrected chi connectivity index (χ4v) is 3.08. The van der Waals surface area contributed by atoms with Gasteiger partial charge >= 0.3 is 0 Å². The van der Waals surface area contributed by atoms with Gasteiger partial charge in [-0.05, 0) is 53.4 Å². The summed E-state index contributed by atoms with van der Waals surface area (Å²) in [5.74, 6) is 0. The van der Waals surface area contributed by atoms with E-state index in [4.69, 9.17) is 4.74 Å². The van der Waals surface area contributed by atoms with Crippen LogP contribution in [0.3, 0.4) is 0 Å². The lowest BCUT2D eigenvalue weighted by Crippen LogP contribution is -2.34. The summed E-state index contributed by atoms with van der Waals surface area (Å²) in [4.78, 5) is 0. The third-order valence-electron chi connectivity index (χ3n) is 3.27. The van der Waals surface area contributed by atoms with Crippen LogP contribution in [-0.4, -0.2) is 18.8 Å². The van der Waals surface area contributed by atoms with Crippen LogP contribution >= 0.6 is 31.9 Å². The average Bonchev–Trinajstić information content (AvgIpc) is 2.35. The highest BCUT2D eigenvalue weighted by molar-refractivity contribution is 9.11. The monoisotopic (exact) mass is 375 g/mol. The molecule has 0 bridgehead atoms. The maximum absolute atomic E-state index is 5.78. The normalized spacial score (nSPS) is 23.9. The SMILES string of the molecule is CCCC1CC(Nc2cc(Br)ccc2Br)CCO1. The molecule has 1 aromatic carbocycles. The second-order valence-corrected chi connectivity index (χ2v) is 6.54. The second kappa shape index (κ2) is 6.92. The van der Waals surface area contributed by atoms with Gasteiger partial charge in [0.05, 0.1) is 6.10 Å². The summed E-state index contributed by atoms with van der Waals surface area (Å²) in [6.07, 6.45) is 4.97. The molecule has 2 nitrogen and oxygen atoms in total. The molecule has 0 amide bonds. The molecule has 0 aliphatic carbocycles. The Labute approximate surface area is 126 Å². The predicted octanol–water partition coefficient (Wildman–Crippen LogP) is 4.97. The van der Waals surface area contributed by atoms with Crippen molar-refractivity contribution in [1.29, 1.82) is 0 Å². The Morgan fingerprint density at radius 3 is 3.00 bits per heavy atom. The van der Waals surface area contributed by atoms with E-state index in [9.17, 15) is 0 Å².